The number of carbonyl (C=O) groups is 2. The molecule has 2 aromatic carbocycles. The molecule has 0 radical (unpaired) electrons. The van der Waals surface area contributed by atoms with E-state index in [1.807, 2.05) is 37.4 Å². The molecule has 2 aromatic rings. The summed E-state index contributed by atoms with van der Waals surface area (Å²) in [5.41, 5.74) is 3.71. The van der Waals surface area contributed by atoms with Gasteiger partial charge < -0.3 is 10.2 Å². The zero-order valence-electron chi connectivity index (χ0n) is 15.1. The van der Waals surface area contributed by atoms with Crippen molar-refractivity contribution in [1.29, 1.82) is 0 Å². The van der Waals surface area contributed by atoms with Crippen LogP contribution in [0.1, 0.15) is 35.6 Å². The van der Waals surface area contributed by atoms with E-state index in [0.29, 0.717) is 12.6 Å². The highest BCUT2D eigenvalue weighted by Gasteiger charge is 2.28. The Morgan fingerprint density at radius 1 is 1.08 bits per heavy atom. The summed E-state index contributed by atoms with van der Waals surface area (Å²) < 4.78 is 0. The first-order chi connectivity index (χ1) is 12.6. The highest BCUT2D eigenvalue weighted by atomic mass is 16.2. The number of rotatable bonds is 5. The fourth-order valence-corrected chi connectivity index (χ4v) is 3.64. The number of benzene rings is 2. The van der Waals surface area contributed by atoms with Crippen molar-refractivity contribution in [2.45, 2.75) is 31.8 Å². The summed E-state index contributed by atoms with van der Waals surface area (Å²) in [5, 5.41) is 5.15. The lowest BCUT2D eigenvalue weighted by atomic mass is 9.87. The molecule has 0 heterocycles. The van der Waals surface area contributed by atoms with Gasteiger partial charge in [0.1, 0.15) is 6.04 Å². The maximum atomic E-state index is 12.2. The van der Waals surface area contributed by atoms with E-state index in [0.717, 1.165) is 29.7 Å². The molecule has 0 bridgehead atoms. The molecule has 26 heavy (non-hydrogen) atoms. The van der Waals surface area contributed by atoms with Gasteiger partial charge in [0.15, 0.2) is 6.54 Å². The average Bonchev–Trinajstić information content (AvgIpc) is 2.66. The number of nitrogens with one attached hydrogen (secondary N) is 3. The normalized spacial score (nSPS) is 17.0. The van der Waals surface area contributed by atoms with Gasteiger partial charge in [-0.05, 0) is 24.0 Å². The van der Waals surface area contributed by atoms with Gasteiger partial charge in [-0.3, -0.25) is 10.1 Å². The standard InChI is InChI=1S/C21H25N3O2/c1-24(19-13-7-11-17-10-5-6-12-18(17)19)15-20(25)23-21(26)22-14-16-8-3-2-4-9-16/h2-6,8-10,12,19H,7,11,13-15H2,1H3,(H2,22,23,25,26)/p+1/t19-/m0/s1. The van der Waals surface area contributed by atoms with Crippen molar-refractivity contribution in [3.8, 4) is 0 Å². The van der Waals surface area contributed by atoms with Gasteiger partial charge in [-0.2, -0.15) is 0 Å². The minimum absolute atomic E-state index is 0.254. The quantitative estimate of drug-likeness (QED) is 0.765. The van der Waals surface area contributed by atoms with Crippen molar-refractivity contribution in [1.82, 2.24) is 10.6 Å². The van der Waals surface area contributed by atoms with Crippen LogP contribution in [0.2, 0.25) is 0 Å². The lowest BCUT2D eigenvalue weighted by molar-refractivity contribution is -0.905. The molecule has 1 aliphatic carbocycles. The van der Waals surface area contributed by atoms with Crippen LogP contribution in [0.25, 0.3) is 0 Å². The fourth-order valence-electron chi connectivity index (χ4n) is 3.64. The largest absolute Gasteiger partial charge is 0.334 e. The molecule has 0 fully saturated rings. The molecule has 136 valence electrons. The molecule has 0 saturated heterocycles. The Morgan fingerprint density at radius 2 is 1.81 bits per heavy atom. The highest BCUT2D eigenvalue weighted by molar-refractivity contribution is 5.94. The van der Waals surface area contributed by atoms with E-state index >= 15 is 0 Å². The Labute approximate surface area is 154 Å². The van der Waals surface area contributed by atoms with Crippen LogP contribution in [0, 0.1) is 0 Å². The SMILES string of the molecule is C[NH+](CC(=O)NC(=O)NCc1ccccc1)[C@H]1CCCc2ccccc21. The molecule has 0 saturated carbocycles. The monoisotopic (exact) mass is 352 g/mol. The van der Waals surface area contributed by atoms with E-state index in [1.54, 1.807) is 0 Å². The number of aryl methyl sites for hydroxylation is 1. The smallest absolute Gasteiger partial charge is 0.321 e. The van der Waals surface area contributed by atoms with E-state index in [9.17, 15) is 9.59 Å². The van der Waals surface area contributed by atoms with Crippen molar-refractivity contribution in [2.24, 2.45) is 0 Å². The molecule has 3 amide bonds. The molecule has 1 unspecified atom stereocenters. The molecule has 0 aliphatic heterocycles. The van der Waals surface area contributed by atoms with Crippen molar-refractivity contribution >= 4 is 11.9 Å². The van der Waals surface area contributed by atoms with Crippen LogP contribution in [0.4, 0.5) is 4.79 Å². The molecular formula is C21H26N3O2+. The van der Waals surface area contributed by atoms with E-state index in [4.69, 9.17) is 0 Å². The number of amides is 3. The number of quaternary nitrogens is 1. The van der Waals surface area contributed by atoms with Crippen molar-refractivity contribution < 1.29 is 14.5 Å². The van der Waals surface area contributed by atoms with Gasteiger partial charge in [-0.1, -0.05) is 54.6 Å². The lowest BCUT2D eigenvalue weighted by Crippen LogP contribution is -3.10. The van der Waals surface area contributed by atoms with E-state index < -0.39 is 6.03 Å². The maximum Gasteiger partial charge on any atom is 0.321 e. The van der Waals surface area contributed by atoms with E-state index in [2.05, 4.69) is 34.9 Å². The molecule has 5 nitrogen and oxygen atoms in total. The minimum Gasteiger partial charge on any atom is -0.334 e. The zero-order valence-corrected chi connectivity index (χ0v) is 15.1. The lowest BCUT2D eigenvalue weighted by Gasteiger charge is -2.30. The summed E-state index contributed by atoms with van der Waals surface area (Å²) in [6.07, 6.45) is 3.31. The van der Waals surface area contributed by atoms with Gasteiger partial charge in [0, 0.05) is 18.5 Å². The van der Waals surface area contributed by atoms with Crippen LogP contribution < -0.4 is 15.5 Å². The third-order valence-corrected chi connectivity index (χ3v) is 4.95. The third-order valence-electron chi connectivity index (χ3n) is 4.95. The molecular weight excluding hydrogens is 326 g/mol. The zero-order chi connectivity index (χ0) is 18.4. The van der Waals surface area contributed by atoms with E-state index in [1.165, 1.54) is 11.1 Å². The van der Waals surface area contributed by atoms with Gasteiger partial charge in [0.05, 0.1) is 7.05 Å². The number of likely N-dealkylation sites (N-methyl/N-ethyl adjacent to an activating group) is 1. The third kappa shape index (κ3) is 4.70. The maximum absolute atomic E-state index is 12.2. The first-order valence-electron chi connectivity index (χ1n) is 9.15. The number of hydrogen-bond acceptors (Lipinski definition) is 2. The molecule has 3 N–H and O–H groups in total. The van der Waals surface area contributed by atoms with Gasteiger partial charge in [0.25, 0.3) is 5.91 Å². The van der Waals surface area contributed by atoms with Crippen molar-refractivity contribution in [2.75, 3.05) is 13.6 Å². The number of urea groups is 1. The molecule has 0 spiro atoms. The van der Waals surface area contributed by atoms with Crippen LogP contribution in [0.3, 0.4) is 0 Å². The van der Waals surface area contributed by atoms with Gasteiger partial charge in [-0.15, -0.1) is 0 Å². The van der Waals surface area contributed by atoms with Crippen LogP contribution in [0.5, 0.6) is 0 Å². The summed E-state index contributed by atoms with van der Waals surface area (Å²) >= 11 is 0. The number of carbonyl (C=O) groups excluding carboxylic acids is 2. The molecule has 1 aliphatic rings. The summed E-state index contributed by atoms with van der Waals surface area (Å²) in [4.78, 5) is 25.3. The number of imide groups is 1. The van der Waals surface area contributed by atoms with Gasteiger partial charge >= 0.3 is 6.03 Å². The molecule has 0 aromatic heterocycles. The summed E-state index contributed by atoms with van der Waals surface area (Å²) in [5.74, 6) is -0.254. The average molecular weight is 352 g/mol. The highest BCUT2D eigenvalue weighted by Crippen LogP contribution is 2.27. The summed E-state index contributed by atoms with van der Waals surface area (Å²) in [6, 6.07) is 17.9. The van der Waals surface area contributed by atoms with Crippen LogP contribution in [-0.4, -0.2) is 25.5 Å². The Kier molecular flexibility index (Phi) is 6.02. The first kappa shape index (κ1) is 18.1. The Morgan fingerprint density at radius 3 is 2.62 bits per heavy atom. The number of fused-ring (bicyclic) bond motifs is 1. The van der Waals surface area contributed by atoms with Crippen molar-refractivity contribution in [3.05, 3.63) is 71.3 Å². The minimum atomic E-state index is -0.448. The number of hydrogen-bond donors (Lipinski definition) is 3. The second-order valence-corrected chi connectivity index (χ2v) is 6.88. The molecule has 5 heteroatoms. The predicted molar refractivity (Wildman–Crippen MR) is 101 cm³/mol. The van der Waals surface area contributed by atoms with Crippen molar-refractivity contribution in [3.63, 3.8) is 0 Å². The molecule has 3 rings (SSSR count). The van der Waals surface area contributed by atoms with Crippen LogP contribution in [0.15, 0.2) is 54.6 Å². The topological polar surface area (TPSA) is 62.6 Å². The summed E-state index contributed by atoms with van der Waals surface area (Å²) in [6.45, 7) is 0.677. The summed E-state index contributed by atoms with van der Waals surface area (Å²) in [7, 11) is 2.02. The Hall–Kier alpha value is -2.66. The fraction of sp³-hybridized carbons (Fsp3) is 0.333. The van der Waals surface area contributed by atoms with Crippen LogP contribution >= 0.6 is 0 Å². The van der Waals surface area contributed by atoms with Gasteiger partial charge in [0.2, 0.25) is 0 Å². The molecule has 2 atom stereocenters. The van der Waals surface area contributed by atoms with Crippen LogP contribution in [-0.2, 0) is 17.8 Å². The van der Waals surface area contributed by atoms with E-state index in [-0.39, 0.29) is 12.5 Å². The predicted octanol–water partition coefficient (Wildman–Crippen LogP) is 1.60. The Balaban J connectivity index is 1.49. The second kappa shape index (κ2) is 8.63. The van der Waals surface area contributed by atoms with Gasteiger partial charge in [-0.25, -0.2) is 4.79 Å². The first-order valence-corrected chi connectivity index (χ1v) is 9.15. The second-order valence-electron chi connectivity index (χ2n) is 6.88. The Bertz CT molecular complexity index is 761.